The van der Waals surface area contributed by atoms with E-state index in [1.807, 2.05) is 0 Å². The minimum Gasteiger partial charge on any atom is -0.282 e. The summed E-state index contributed by atoms with van der Waals surface area (Å²) >= 11 is 0. The SMILES string of the molecule is C=Nc1nc(CCN2C(=O)CCCC2=O)ncc1/N=C\C. The maximum Gasteiger partial charge on any atom is 0.229 e. The number of aliphatic imine (C=N–C) groups is 2. The highest BCUT2D eigenvalue weighted by atomic mass is 16.2. The zero-order chi connectivity index (χ0) is 15.2. The highest BCUT2D eigenvalue weighted by Gasteiger charge is 2.25. The Morgan fingerprint density at radius 2 is 2.10 bits per heavy atom. The van der Waals surface area contributed by atoms with Gasteiger partial charge in [-0.1, -0.05) is 0 Å². The predicted molar refractivity (Wildman–Crippen MR) is 79.3 cm³/mol. The lowest BCUT2D eigenvalue weighted by Gasteiger charge is -2.24. The molecule has 0 radical (unpaired) electrons. The topological polar surface area (TPSA) is 87.9 Å². The summed E-state index contributed by atoms with van der Waals surface area (Å²) in [5.41, 5.74) is 0.543. The Balaban J connectivity index is 2.08. The van der Waals surface area contributed by atoms with Gasteiger partial charge in [0.2, 0.25) is 11.8 Å². The molecule has 7 nitrogen and oxygen atoms in total. The zero-order valence-electron chi connectivity index (χ0n) is 11.9. The third-order valence-electron chi connectivity index (χ3n) is 3.16. The number of amides is 2. The smallest absolute Gasteiger partial charge is 0.229 e. The van der Waals surface area contributed by atoms with Gasteiger partial charge >= 0.3 is 0 Å². The van der Waals surface area contributed by atoms with Crippen molar-refractivity contribution in [2.75, 3.05) is 6.54 Å². The first-order valence-corrected chi connectivity index (χ1v) is 6.80. The van der Waals surface area contributed by atoms with Gasteiger partial charge < -0.3 is 0 Å². The van der Waals surface area contributed by atoms with Gasteiger partial charge in [0.15, 0.2) is 5.82 Å². The number of likely N-dealkylation sites (tertiary alicyclic amines) is 1. The minimum atomic E-state index is -0.125. The van der Waals surface area contributed by atoms with Gasteiger partial charge in [-0.2, -0.15) is 0 Å². The molecule has 110 valence electrons. The van der Waals surface area contributed by atoms with E-state index in [4.69, 9.17) is 0 Å². The molecule has 2 heterocycles. The summed E-state index contributed by atoms with van der Waals surface area (Å²) in [6, 6.07) is 0. The quantitative estimate of drug-likeness (QED) is 0.608. The first kappa shape index (κ1) is 15.0. The molecule has 7 heteroatoms. The van der Waals surface area contributed by atoms with Crippen molar-refractivity contribution in [3.05, 3.63) is 12.0 Å². The molecule has 0 atom stereocenters. The van der Waals surface area contributed by atoms with Crippen LogP contribution in [0.5, 0.6) is 0 Å². The van der Waals surface area contributed by atoms with Crippen LogP contribution in [0.4, 0.5) is 11.5 Å². The average molecular weight is 287 g/mol. The number of rotatable bonds is 5. The second kappa shape index (κ2) is 6.83. The van der Waals surface area contributed by atoms with Crippen LogP contribution in [0.15, 0.2) is 16.2 Å². The number of aromatic nitrogens is 2. The second-order valence-electron chi connectivity index (χ2n) is 4.58. The van der Waals surface area contributed by atoms with Crippen molar-refractivity contribution in [3.8, 4) is 0 Å². The Hall–Kier alpha value is -2.44. The maximum atomic E-state index is 11.7. The van der Waals surface area contributed by atoms with E-state index in [-0.39, 0.29) is 11.8 Å². The largest absolute Gasteiger partial charge is 0.282 e. The van der Waals surface area contributed by atoms with Gasteiger partial charge in [0, 0.05) is 32.0 Å². The summed E-state index contributed by atoms with van der Waals surface area (Å²) in [5.74, 6) is 0.661. The van der Waals surface area contributed by atoms with Crippen LogP contribution >= 0.6 is 0 Å². The Kier molecular flexibility index (Phi) is 4.86. The summed E-state index contributed by atoms with van der Waals surface area (Å²) in [5, 5.41) is 0. The van der Waals surface area contributed by atoms with Gasteiger partial charge in [0.05, 0.1) is 6.20 Å². The molecule has 2 rings (SSSR count). The molecular formula is C14H17N5O2. The van der Waals surface area contributed by atoms with Crippen LogP contribution in [0.3, 0.4) is 0 Å². The Morgan fingerprint density at radius 3 is 2.71 bits per heavy atom. The Labute approximate surface area is 122 Å². The number of imide groups is 1. The van der Waals surface area contributed by atoms with E-state index >= 15 is 0 Å². The number of hydrogen-bond acceptors (Lipinski definition) is 6. The zero-order valence-corrected chi connectivity index (χ0v) is 11.9. The number of hydrogen-bond donors (Lipinski definition) is 0. The van der Waals surface area contributed by atoms with Crippen molar-refractivity contribution >= 4 is 36.3 Å². The molecule has 2 amide bonds. The van der Waals surface area contributed by atoms with E-state index in [1.165, 1.54) is 4.90 Å². The molecule has 0 saturated carbocycles. The van der Waals surface area contributed by atoms with Crippen molar-refractivity contribution in [3.63, 3.8) is 0 Å². The van der Waals surface area contributed by atoms with Gasteiger partial charge in [-0.3, -0.25) is 19.5 Å². The van der Waals surface area contributed by atoms with Crippen molar-refractivity contribution < 1.29 is 9.59 Å². The first-order chi connectivity index (χ1) is 10.2. The van der Waals surface area contributed by atoms with E-state index in [9.17, 15) is 9.59 Å². The fraction of sp³-hybridized carbons (Fsp3) is 0.429. The standard InChI is InChI=1S/C14H17N5O2/c1-3-16-10-9-17-11(18-14(10)15-2)7-8-19-12(20)5-4-6-13(19)21/h3,9H,2,4-8H2,1H3/b16-3-. The van der Waals surface area contributed by atoms with E-state index in [0.717, 1.165) is 0 Å². The lowest BCUT2D eigenvalue weighted by atomic mass is 10.1. The highest BCUT2D eigenvalue weighted by Crippen LogP contribution is 2.23. The number of carbonyl (C=O) groups is 2. The van der Waals surface area contributed by atoms with Gasteiger partial charge in [-0.15, -0.1) is 0 Å². The van der Waals surface area contributed by atoms with E-state index in [1.54, 1.807) is 19.3 Å². The summed E-state index contributed by atoms with van der Waals surface area (Å²) in [4.78, 5) is 41.0. The molecule has 1 saturated heterocycles. The minimum absolute atomic E-state index is 0.125. The van der Waals surface area contributed by atoms with Crippen molar-refractivity contribution in [2.24, 2.45) is 9.98 Å². The van der Waals surface area contributed by atoms with E-state index < -0.39 is 0 Å². The third-order valence-corrected chi connectivity index (χ3v) is 3.16. The van der Waals surface area contributed by atoms with Gasteiger partial charge in [0.25, 0.3) is 0 Å². The molecule has 0 bridgehead atoms. The summed E-state index contributed by atoms with van der Waals surface area (Å²) in [7, 11) is 0. The molecule has 1 aromatic heterocycles. The normalized spacial score (nSPS) is 15.8. The van der Waals surface area contributed by atoms with Crippen LogP contribution in [0.25, 0.3) is 0 Å². The molecule has 0 spiro atoms. The predicted octanol–water partition coefficient (Wildman–Crippen LogP) is 1.61. The van der Waals surface area contributed by atoms with Crippen LogP contribution in [0.2, 0.25) is 0 Å². The van der Waals surface area contributed by atoms with Gasteiger partial charge in [-0.25, -0.2) is 15.0 Å². The van der Waals surface area contributed by atoms with Crippen LogP contribution in [-0.4, -0.2) is 46.2 Å². The molecule has 0 unspecified atom stereocenters. The van der Waals surface area contributed by atoms with Crippen LogP contribution in [0, 0.1) is 0 Å². The molecular weight excluding hydrogens is 270 g/mol. The number of carbonyl (C=O) groups excluding carboxylic acids is 2. The Morgan fingerprint density at radius 1 is 1.38 bits per heavy atom. The number of nitrogens with zero attached hydrogens (tertiary/aromatic N) is 5. The van der Waals surface area contributed by atoms with Crippen molar-refractivity contribution in [1.82, 2.24) is 14.9 Å². The first-order valence-electron chi connectivity index (χ1n) is 6.80. The van der Waals surface area contributed by atoms with Gasteiger partial charge in [0.1, 0.15) is 11.5 Å². The fourth-order valence-corrected chi connectivity index (χ4v) is 2.13. The second-order valence-corrected chi connectivity index (χ2v) is 4.58. The molecule has 1 aromatic rings. The molecule has 0 aromatic carbocycles. The van der Waals surface area contributed by atoms with Crippen LogP contribution in [0.1, 0.15) is 32.0 Å². The maximum absolute atomic E-state index is 11.7. The highest BCUT2D eigenvalue weighted by molar-refractivity contribution is 5.97. The summed E-state index contributed by atoms with van der Waals surface area (Å²) in [6.45, 7) is 5.54. The summed E-state index contributed by atoms with van der Waals surface area (Å²) < 4.78 is 0. The molecule has 1 fully saturated rings. The number of piperidine rings is 1. The molecule has 0 aliphatic carbocycles. The van der Waals surface area contributed by atoms with Gasteiger partial charge in [-0.05, 0) is 20.1 Å². The molecule has 1 aliphatic rings. The fourth-order valence-electron chi connectivity index (χ4n) is 2.13. The van der Waals surface area contributed by atoms with Crippen LogP contribution in [-0.2, 0) is 16.0 Å². The van der Waals surface area contributed by atoms with E-state index in [0.29, 0.717) is 49.6 Å². The van der Waals surface area contributed by atoms with Crippen molar-refractivity contribution in [2.45, 2.75) is 32.6 Å². The molecule has 0 N–H and O–H groups in total. The third kappa shape index (κ3) is 3.56. The van der Waals surface area contributed by atoms with Crippen molar-refractivity contribution in [1.29, 1.82) is 0 Å². The lowest BCUT2D eigenvalue weighted by Crippen LogP contribution is -2.41. The van der Waals surface area contributed by atoms with Crippen LogP contribution < -0.4 is 0 Å². The monoisotopic (exact) mass is 287 g/mol. The molecule has 1 aliphatic heterocycles. The lowest BCUT2D eigenvalue weighted by molar-refractivity contribution is -0.147. The van der Waals surface area contributed by atoms with E-state index in [2.05, 4.69) is 26.7 Å². The summed E-state index contributed by atoms with van der Waals surface area (Å²) in [6.07, 6.45) is 5.08. The molecule has 21 heavy (non-hydrogen) atoms. The average Bonchev–Trinajstić information content (AvgIpc) is 2.48. The Bertz CT molecular complexity index is 581.